The minimum absolute atomic E-state index is 0.0417. The predicted molar refractivity (Wildman–Crippen MR) is 37.9 cm³/mol. The highest BCUT2D eigenvalue weighted by atomic mass is 16.5. The zero-order chi connectivity index (χ0) is 6.91. The second-order valence-corrected chi connectivity index (χ2v) is 3.27. The van der Waals surface area contributed by atoms with Crippen molar-refractivity contribution in [3.05, 3.63) is 5.21 Å². The van der Waals surface area contributed by atoms with Crippen molar-refractivity contribution in [1.82, 2.24) is 5.48 Å². The highest BCUT2D eigenvalue weighted by Gasteiger charge is 2.36. The molecule has 54 valence electrons. The zero-order valence-corrected chi connectivity index (χ0v) is 6.11. The van der Waals surface area contributed by atoms with Gasteiger partial charge in [0.2, 0.25) is 0 Å². The molecule has 1 saturated carbocycles. The van der Waals surface area contributed by atoms with Crippen LogP contribution in [0.1, 0.15) is 33.1 Å². The molecule has 1 rings (SSSR count). The van der Waals surface area contributed by atoms with Gasteiger partial charge in [0.15, 0.2) is 0 Å². The first-order valence-electron chi connectivity index (χ1n) is 3.60. The normalized spacial score (nSPS) is 24.0. The summed E-state index contributed by atoms with van der Waals surface area (Å²) in [5, 5.41) is 10.4. The average molecular weight is 128 g/mol. The summed E-state index contributed by atoms with van der Waals surface area (Å²) in [5.74, 6) is 0.490. The summed E-state index contributed by atoms with van der Waals surface area (Å²) in [4.78, 5) is 0. The van der Waals surface area contributed by atoms with Crippen LogP contribution < -0.4 is 5.48 Å². The Balaban J connectivity index is 2.46. The number of rotatable bonds is 2. The van der Waals surface area contributed by atoms with Gasteiger partial charge in [-0.25, -0.2) is 0 Å². The molecule has 0 radical (unpaired) electrons. The molecule has 1 aliphatic rings. The third-order valence-electron chi connectivity index (χ3n) is 2.55. The van der Waals surface area contributed by atoms with Crippen LogP contribution in [0.25, 0.3) is 0 Å². The minimum atomic E-state index is -0.0417. The van der Waals surface area contributed by atoms with Crippen LogP contribution in [-0.2, 0) is 0 Å². The molecule has 0 aromatic rings. The second kappa shape index (κ2) is 2.27. The number of hydroxylamine groups is 1. The third kappa shape index (κ3) is 0.970. The molecule has 9 heavy (non-hydrogen) atoms. The molecule has 0 aliphatic heterocycles. The van der Waals surface area contributed by atoms with Gasteiger partial charge < -0.3 is 10.7 Å². The maximum atomic E-state index is 10.4. The Kier molecular flexibility index (Phi) is 1.78. The first-order chi connectivity index (χ1) is 4.21. The van der Waals surface area contributed by atoms with Crippen LogP contribution in [0.2, 0.25) is 0 Å². The van der Waals surface area contributed by atoms with E-state index in [4.69, 9.17) is 0 Å². The van der Waals surface area contributed by atoms with Gasteiger partial charge in [0, 0.05) is 5.54 Å². The van der Waals surface area contributed by atoms with E-state index in [0.29, 0.717) is 5.92 Å². The maximum Gasteiger partial charge on any atom is 0.00890 e. The van der Waals surface area contributed by atoms with Gasteiger partial charge in [-0.2, -0.15) is 0 Å². The number of hydrogen-bond acceptors (Lipinski definition) is 2. The van der Waals surface area contributed by atoms with E-state index in [1.807, 2.05) is 0 Å². The van der Waals surface area contributed by atoms with Crippen LogP contribution in [-0.4, -0.2) is 5.54 Å². The molecule has 0 saturated heterocycles. The second-order valence-electron chi connectivity index (χ2n) is 3.27. The average Bonchev–Trinajstić information content (AvgIpc) is 1.62. The summed E-state index contributed by atoms with van der Waals surface area (Å²) in [7, 11) is 0. The molecule has 0 amide bonds. The third-order valence-corrected chi connectivity index (χ3v) is 2.55. The van der Waals surface area contributed by atoms with E-state index in [0.717, 1.165) is 12.8 Å². The van der Waals surface area contributed by atoms with Crippen LogP contribution >= 0.6 is 0 Å². The SMILES string of the molecule is CC(C)C1(N[O-])CCC1. The van der Waals surface area contributed by atoms with Crippen molar-refractivity contribution in [2.45, 2.75) is 38.6 Å². The summed E-state index contributed by atoms with van der Waals surface area (Å²) < 4.78 is 0. The molecule has 1 N–H and O–H groups in total. The van der Waals surface area contributed by atoms with Crippen LogP contribution in [0.3, 0.4) is 0 Å². The van der Waals surface area contributed by atoms with Crippen molar-refractivity contribution >= 4 is 0 Å². The molecule has 0 atom stereocenters. The predicted octanol–water partition coefficient (Wildman–Crippen LogP) is 1.65. The minimum Gasteiger partial charge on any atom is -0.787 e. The molecule has 1 aliphatic carbocycles. The van der Waals surface area contributed by atoms with Gasteiger partial charge in [0.05, 0.1) is 0 Å². The molecule has 0 heterocycles. The highest BCUT2D eigenvalue weighted by Crippen LogP contribution is 2.37. The van der Waals surface area contributed by atoms with Gasteiger partial charge in [0.1, 0.15) is 0 Å². The van der Waals surface area contributed by atoms with Crippen LogP contribution in [0.15, 0.2) is 0 Å². The van der Waals surface area contributed by atoms with Gasteiger partial charge in [0.25, 0.3) is 0 Å². The first kappa shape index (κ1) is 7.03. The van der Waals surface area contributed by atoms with Crippen molar-refractivity contribution in [2.75, 3.05) is 0 Å². The van der Waals surface area contributed by atoms with Crippen molar-refractivity contribution in [3.63, 3.8) is 0 Å². The van der Waals surface area contributed by atoms with Gasteiger partial charge in [-0.3, -0.25) is 0 Å². The van der Waals surface area contributed by atoms with Crippen molar-refractivity contribution < 1.29 is 0 Å². The lowest BCUT2D eigenvalue weighted by Crippen LogP contribution is -2.52. The lowest BCUT2D eigenvalue weighted by molar-refractivity contribution is 0.142. The lowest BCUT2D eigenvalue weighted by atomic mass is 9.70. The fraction of sp³-hybridized carbons (Fsp3) is 1.00. The Morgan fingerprint density at radius 1 is 1.44 bits per heavy atom. The Bertz CT molecular complexity index is 91.6. The van der Waals surface area contributed by atoms with Gasteiger partial charge in [-0.1, -0.05) is 13.8 Å². The summed E-state index contributed by atoms with van der Waals surface area (Å²) >= 11 is 0. The lowest BCUT2D eigenvalue weighted by Gasteiger charge is -2.49. The smallest absolute Gasteiger partial charge is 0.00890 e. The van der Waals surface area contributed by atoms with Gasteiger partial charge >= 0.3 is 0 Å². The monoisotopic (exact) mass is 128 g/mol. The van der Waals surface area contributed by atoms with E-state index in [2.05, 4.69) is 19.3 Å². The molecule has 2 nitrogen and oxygen atoms in total. The number of nitrogens with one attached hydrogen (secondary N) is 1. The van der Waals surface area contributed by atoms with E-state index in [1.54, 1.807) is 0 Å². The fourth-order valence-corrected chi connectivity index (χ4v) is 1.35. The van der Waals surface area contributed by atoms with Crippen molar-refractivity contribution in [1.29, 1.82) is 0 Å². The van der Waals surface area contributed by atoms with Crippen LogP contribution in [0.5, 0.6) is 0 Å². The molecule has 0 aromatic carbocycles. The maximum absolute atomic E-state index is 10.4. The fourth-order valence-electron chi connectivity index (χ4n) is 1.35. The van der Waals surface area contributed by atoms with Crippen molar-refractivity contribution in [3.8, 4) is 0 Å². The largest absolute Gasteiger partial charge is 0.787 e. The van der Waals surface area contributed by atoms with E-state index >= 15 is 0 Å². The Labute approximate surface area is 56.2 Å². The summed E-state index contributed by atoms with van der Waals surface area (Å²) in [6, 6.07) is 0. The molecule has 0 aromatic heterocycles. The summed E-state index contributed by atoms with van der Waals surface area (Å²) in [6.45, 7) is 4.20. The first-order valence-corrected chi connectivity index (χ1v) is 3.60. The summed E-state index contributed by atoms with van der Waals surface area (Å²) in [6.07, 6.45) is 3.34. The van der Waals surface area contributed by atoms with Crippen LogP contribution in [0, 0.1) is 11.1 Å². The van der Waals surface area contributed by atoms with Crippen LogP contribution in [0.4, 0.5) is 0 Å². The van der Waals surface area contributed by atoms with Gasteiger partial charge in [-0.15, -0.1) is 0 Å². The molecule has 0 spiro atoms. The van der Waals surface area contributed by atoms with E-state index in [-0.39, 0.29) is 5.54 Å². The standard InChI is InChI=1S/C7H14NO/c1-6(2)7(8-9)4-3-5-7/h6,8H,3-5H2,1-2H3/q-1. The Morgan fingerprint density at radius 2 is 2.00 bits per heavy atom. The molecule has 1 fully saturated rings. The van der Waals surface area contributed by atoms with E-state index in [1.165, 1.54) is 6.42 Å². The molecule has 0 unspecified atom stereocenters. The molecule has 2 heteroatoms. The molecule has 0 bridgehead atoms. The van der Waals surface area contributed by atoms with E-state index < -0.39 is 0 Å². The van der Waals surface area contributed by atoms with Gasteiger partial charge in [-0.05, 0) is 25.2 Å². The Morgan fingerprint density at radius 3 is 2.00 bits per heavy atom. The van der Waals surface area contributed by atoms with Crippen molar-refractivity contribution in [2.24, 2.45) is 5.92 Å². The zero-order valence-electron chi connectivity index (χ0n) is 6.11. The quantitative estimate of drug-likeness (QED) is 0.574. The highest BCUT2D eigenvalue weighted by molar-refractivity contribution is 4.98. The van der Waals surface area contributed by atoms with E-state index in [9.17, 15) is 5.21 Å². The summed E-state index contributed by atoms with van der Waals surface area (Å²) in [5.41, 5.74) is 2.12. The number of hydrogen-bond donors (Lipinski definition) is 1. The Hall–Kier alpha value is -0.0800. The molecular formula is C7H14NO-. The molecular weight excluding hydrogens is 114 g/mol. The topological polar surface area (TPSA) is 35.1 Å².